The molecule has 4 heteroatoms. The number of aryl methyl sites for hydroxylation is 1. The zero-order valence-electron chi connectivity index (χ0n) is 11.4. The molecule has 0 heterocycles. The van der Waals surface area contributed by atoms with Crippen molar-refractivity contribution >= 4 is 15.7 Å². The van der Waals surface area contributed by atoms with Gasteiger partial charge >= 0.3 is 0 Å². The van der Waals surface area contributed by atoms with Crippen LogP contribution >= 0.6 is 0 Å². The van der Waals surface area contributed by atoms with Gasteiger partial charge in [-0.1, -0.05) is 37.0 Å². The zero-order chi connectivity index (χ0) is 13.7. The molecule has 0 aromatic heterocycles. The monoisotopic (exact) mass is 279 g/mol. The molecule has 2 rings (SSSR count). The van der Waals surface area contributed by atoms with Crippen molar-refractivity contribution in [1.82, 2.24) is 0 Å². The number of hydrogen-bond acceptors (Lipinski definition) is 2. The van der Waals surface area contributed by atoms with Gasteiger partial charge in [0.25, 0.3) is 10.0 Å². The highest BCUT2D eigenvalue weighted by atomic mass is 32.2. The summed E-state index contributed by atoms with van der Waals surface area (Å²) in [5, 5.41) is 0. The minimum Gasteiger partial charge on any atom is -0.199 e. The van der Waals surface area contributed by atoms with Crippen LogP contribution in [0.2, 0.25) is 0 Å². The molecule has 1 aromatic rings. The van der Waals surface area contributed by atoms with Gasteiger partial charge < -0.3 is 0 Å². The summed E-state index contributed by atoms with van der Waals surface area (Å²) in [5.41, 5.74) is 1.90. The van der Waals surface area contributed by atoms with Crippen LogP contribution in [-0.2, 0) is 10.0 Å². The van der Waals surface area contributed by atoms with E-state index in [1.54, 1.807) is 12.1 Å². The van der Waals surface area contributed by atoms with Gasteiger partial charge in [-0.15, -0.1) is 0 Å². The average molecular weight is 279 g/mol. The topological polar surface area (TPSA) is 46.5 Å². The van der Waals surface area contributed by atoms with Crippen LogP contribution < -0.4 is 0 Å². The van der Waals surface area contributed by atoms with Crippen LogP contribution in [0, 0.1) is 6.92 Å². The van der Waals surface area contributed by atoms with Gasteiger partial charge in [0.2, 0.25) is 0 Å². The van der Waals surface area contributed by atoms with Crippen LogP contribution in [0.5, 0.6) is 0 Å². The summed E-state index contributed by atoms with van der Waals surface area (Å²) >= 11 is 0. The Kier molecular flexibility index (Phi) is 4.75. The van der Waals surface area contributed by atoms with Gasteiger partial charge in [0.15, 0.2) is 0 Å². The van der Waals surface area contributed by atoms with Crippen molar-refractivity contribution < 1.29 is 8.42 Å². The highest BCUT2D eigenvalue weighted by Gasteiger charge is 2.14. The molecule has 0 spiro atoms. The zero-order valence-corrected chi connectivity index (χ0v) is 12.2. The largest absolute Gasteiger partial charge is 0.282 e. The maximum absolute atomic E-state index is 12.2. The minimum absolute atomic E-state index is 0.299. The van der Waals surface area contributed by atoms with Crippen LogP contribution in [0.15, 0.2) is 33.6 Å². The van der Waals surface area contributed by atoms with Gasteiger partial charge in [-0.25, -0.2) is 0 Å². The van der Waals surface area contributed by atoms with E-state index in [4.69, 9.17) is 0 Å². The Labute approximate surface area is 115 Å². The van der Waals surface area contributed by atoms with Crippen molar-refractivity contribution in [2.75, 3.05) is 0 Å². The highest BCUT2D eigenvalue weighted by molar-refractivity contribution is 7.90. The van der Waals surface area contributed by atoms with E-state index in [-0.39, 0.29) is 0 Å². The molecule has 1 aromatic carbocycles. The third kappa shape index (κ3) is 4.16. The maximum atomic E-state index is 12.2. The fraction of sp³-hybridized carbons (Fsp3) is 0.533. The molecule has 1 aliphatic carbocycles. The van der Waals surface area contributed by atoms with Gasteiger partial charge in [-0.3, -0.25) is 0 Å². The molecule has 0 radical (unpaired) electrons. The molecule has 0 bridgehead atoms. The molecule has 0 atom stereocenters. The lowest BCUT2D eigenvalue weighted by molar-refractivity contribution is 0.593. The molecule has 0 amide bonds. The molecule has 104 valence electrons. The van der Waals surface area contributed by atoms with Crippen molar-refractivity contribution in [3.05, 3.63) is 29.8 Å². The van der Waals surface area contributed by atoms with Crippen molar-refractivity contribution in [1.29, 1.82) is 0 Å². The third-order valence-corrected chi connectivity index (χ3v) is 4.87. The molecule has 19 heavy (non-hydrogen) atoms. The molecule has 0 aliphatic heterocycles. The Morgan fingerprint density at radius 3 is 2.00 bits per heavy atom. The molecule has 0 N–H and O–H groups in total. The lowest BCUT2D eigenvalue weighted by Crippen LogP contribution is -2.07. The lowest BCUT2D eigenvalue weighted by Gasteiger charge is -2.11. The first-order valence-corrected chi connectivity index (χ1v) is 8.41. The predicted molar refractivity (Wildman–Crippen MR) is 78.1 cm³/mol. The Hall–Kier alpha value is -1.16. The van der Waals surface area contributed by atoms with Gasteiger partial charge in [0.1, 0.15) is 0 Å². The second-order valence-electron chi connectivity index (χ2n) is 5.21. The number of sulfonamides is 1. The third-order valence-electron chi connectivity index (χ3n) is 3.50. The van der Waals surface area contributed by atoms with Crippen molar-refractivity contribution in [3.8, 4) is 0 Å². The SMILES string of the molecule is Cc1ccc(S(=O)(=O)N=C2CCCCCCC2)cc1. The quantitative estimate of drug-likeness (QED) is 0.825. The summed E-state index contributed by atoms with van der Waals surface area (Å²) in [6.45, 7) is 1.94. The van der Waals surface area contributed by atoms with E-state index in [1.165, 1.54) is 19.3 Å². The van der Waals surface area contributed by atoms with E-state index in [0.29, 0.717) is 4.90 Å². The first kappa shape index (κ1) is 14.3. The van der Waals surface area contributed by atoms with Crippen molar-refractivity contribution in [2.45, 2.75) is 56.8 Å². The smallest absolute Gasteiger partial charge is 0.199 e. The summed E-state index contributed by atoms with van der Waals surface area (Å²) in [7, 11) is -3.52. The molecule has 1 saturated carbocycles. The Bertz CT molecular complexity index is 534. The summed E-state index contributed by atoms with van der Waals surface area (Å²) in [6.07, 6.45) is 7.39. The van der Waals surface area contributed by atoms with Crippen molar-refractivity contribution in [3.63, 3.8) is 0 Å². The Morgan fingerprint density at radius 2 is 1.42 bits per heavy atom. The van der Waals surface area contributed by atoms with Crippen LogP contribution in [0.25, 0.3) is 0 Å². The Balaban J connectivity index is 2.21. The average Bonchev–Trinajstić information content (AvgIpc) is 2.33. The maximum Gasteiger partial charge on any atom is 0.282 e. The summed E-state index contributed by atoms with van der Waals surface area (Å²) in [5.74, 6) is 0. The summed E-state index contributed by atoms with van der Waals surface area (Å²) in [4.78, 5) is 0.299. The van der Waals surface area contributed by atoms with Crippen LogP contribution in [-0.4, -0.2) is 14.1 Å². The van der Waals surface area contributed by atoms with E-state index < -0.39 is 10.0 Å². The first-order valence-electron chi connectivity index (χ1n) is 6.97. The van der Waals surface area contributed by atoms with E-state index in [0.717, 1.165) is 37.0 Å². The molecule has 1 fully saturated rings. The number of benzene rings is 1. The van der Waals surface area contributed by atoms with E-state index in [1.807, 2.05) is 19.1 Å². The van der Waals surface area contributed by atoms with E-state index >= 15 is 0 Å². The standard InChI is InChI=1S/C15H21NO2S/c1-13-9-11-15(12-10-13)19(17,18)16-14-7-5-3-2-4-6-8-14/h9-12H,2-8H2,1H3. The fourth-order valence-electron chi connectivity index (χ4n) is 2.34. The van der Waals surface area contributed by atoms with Gasteiger partial charge in [-0.2, -0.15) is 12.8 Å². The van der Waals surface area contributed by atoms with Crippen LogP contribution in [0.1, 0.15) is 50.5 Å². The molecular formula is C15H21NO2S. The normalized spacial score (nSPS) is 17.6. The van der Waals surface area contributed by atoms with Crippen LogP contribution in [0.3, 0.4) is 0 Å². The molecule has 0 saturated heterocycles. The highest BCUT2D eigenvalue weighted by Crippen LogP contribution is 2.19. The van der Waals surface area contributed by atoms with E-state index in [2.05, 4.69) is 4.40 Å². The second kappa shape index (κ2) is 6.33. The number of hydrogen-bond donors (Lipinski definition) is 0. The van der Waals surface area contributed by atoms with Crippen LogP contribution in [0.4, 0.5) is 0 Å². The first-order chi connectivity index (χ1) is 9.08. The predicted octanol–water partition coefficient (Wildman–Crippen LogP) is 3.87. The molecule has 1 aliphatic rings. The van der Waals surface area contributed by atoms with Gasteiger partial charge in [-0.05, 0) is 44.7 Å². The fourth-order valence-corrected chi connectivity index (χ4v) is 3.45. The number of rotatable bonds is 2. The molecule has 3 nitrogen and oxygen atoms in total. The second-order valence-corrected chi connectivity index (χ2v) is 6.82. The van der Waals surface area contributed by atoms with Gasteiger partial charge in [0, 0.05) is 5.71 Å². The van der Waals surface area contributed by atoms with Crippen molar-refractivity contribution in [2.24, 2.45) is 4.40 Å². The number of nitrogens with zero attached hydrogens (tertiary/aromatic N) is 1. The molecular weight excluding hydrogens is 258 g/mol. The summed E-state index contributed by atoms with van der Waals surface area (Å²) < 4.78 is 28.5. The minimum atomic E-state index is -3.52. The van der Waals surface area contributed by atoms with E-state index in [9.17, 15) is 8.42 Å². The lowest BCUT2D eigenvalue weighted by atomic mass is 9.99. The summed E-state index contributed by atoms with van der Waals surface area (Å²) in [6, 6.07) is 6.89. The van der Waals surface area contributed by atoms with Gasteiger partial charge in [0.05, 0.1) is 4.90 Å². The Morgan fingerprint density at radius 1 is 0.895 bits per heavy atom. The molecule has 0 unspecified atom stereocenters.